The lowest BCUT2D eigenvalue weighted by atomic mass is 9.95. The van der Waals surface area contributed by atoms with E-state index < -0.39 is 0 Å². The molecule has 2 rings (SSSR count). The molecule has 0 bridgehead atoms. The average Bonchev–Trinajstić information content (AvgIpc) is 2.25. The smallest absolute Gasteiger partial charge is 0.136 e. The standard InChI is InChI=1S/C14H19NO/c1-11-8-14(16)9-12(2)15(11)10-13-6-4-3-5-7-13/h3-7,11-12H,8-10H2,1-2H3/t11-,12?/m1/s1. The average molecular weight is 217 g/mol. The van der Waals surface area contributed by atoms with Crippen molar-refractivity contribution in [1.82, 2.24) is 4.90 Å². The number of ketones is 1. The van der Waals surface area contributed by atoms with E-state index in [1.165, 1.54) is 5.56 Å². The monoisotopic (exact) mass is 217 g/mol. The molecule has 1 aromatic rings. The fourth-order valence-electron chi connectivity index (χ4n) is 2.52. The van der Waals surface area contributed by atoms with E-state index in [2.05, 4.69) is 43.0 Å². The van der Waals surface area contributed by atoms with Crippen LogP contribution < -0.4 is 0 Å². The van der Waals surface area contributed by atoms with Crippen LogP contribution in [0, 0.1) is 0 Å². The van der Waals surface area contributed by atoms with Gasteiger partial charge in [0, 0.05) is 31.5 Å². The van der Waals surface area contributed by atoms with Crippen LogP contribution in [0.1, 0.15) is 32.3 Å². The number of hydrogen-bond donors (Lipinski definition) is 0. The minimum absolute atomic E-state index is 0.372. The van der Waals surface area contributed by atoms with Gasteiger partial charge >= 0.3 is 0 Å². The second-order valence-electron chi connectivity index (χ2n) is 4.80. The van der Waals surface area contributed by atoms with Crippen molar-refractivity contribution in [2.75, 3.05) is 0 Å². The van der Waals surface area contributed by atoms with E-state index in [-0.39, 0.29) is 0 Å². The van der Waals surface area contributed by atoms with Crippen LogP contribution >= 0.6 is 0 Å². The zero-order valence-electron chi connectivity index (χ0n) is 10.0. The molecule has 1 saturated heterocycles. The van der Waals surface area contributed by atoms with Gasteiger partial charge in [-0.15, -0.1) is 0 Å². The molecule has 86 valence electrons. The molecule has 0 aromatic heterocycles. The molecule has 1 aromatic carbocycles. The van der Waals surface area contributed by atoms with Gasteiger partial charge in [-0.05, 0) is 19.4 Å². The molecule has 2 nitrogen and oxygen atoms in total. The fraction of sp³-hybridized carbons (Fsp3) is 0.500. The third-order valence-electron chi connectivity index (χ3n) is 3.39. The highest BCUT2D eigenvalue weighted by Crippen LogP contribution is 2.22. The Kier molecular flexibility index (Phi) is 3.39. The van der Waals surface area contributed by atoms with E-state index >= 15 is 0 Å². The molecule has 0 aliphatic carbocycles. The summed E-state index contributed by atoms with van der Waals surface area (Å²) in [7, 11) is 0. The summed E-state index contributed by atoms with van der Waals surface area (Å²) in [5, 5.41) is 0. The molecule has 0 saturated carbocycles. The Hall–Kier alpha value is -1.15. The Morgan fingerprint density at radius 1 is 1.12 bits per heavy atom. The largest absolute Gasteiger partial charge is 0.300 e. The van der Waals surface area contributed by atoms with Crippen LogP contribution in [0.2, 0.25) is 0 Å². The van der Waals surface area contributed by atoms with Gasteiger partial charge in [0.15, 0.2) is 0 Å². The number of carbonyl (C=O) groups excluding carboxylic acids is 1. The van der Waals surface area contributed by atoms with Crippen LogP contribution in [0.5, 0.6) is 0 Å². The molecule has 0 N–H and O–H groups in total. The predicted molar refractivity (Wildman–Crippen MR) is 65.2 cm³/mol. The van der Waals surface area contributed by atoms with Crippen molar-refractivity contribution in [2.45, 2.75) is 45.3 Å². The van der Waals surface area contributed by atoms with Crippen molar-refractivity contribution in [1.29, 1.82) is 0 Å². The van der Waals surface area contributed by atoms with E-state index in [1.54, 1.807) is 0 Å². The summed E-state index contributed by atoms with van der Waals surface area (Å²) in [6.45, 7) is 5.25. The molecular weight excluding hydrogens is 198 g/mol. The van der Waals surface area contributed by atoms with Crippen LogP contribution in [-0.4, -0.2) is 22.8 Å². The van der Waals surface area contributed by atoms with E-state index in [0.717, 1.165) is 6.54 Å². The van der Waals surface area contributed by atoms with Crippen LogP contribution in [0.3, 0.4) is 0 Å². The first-order valence-corrected chi connectivity index (χ1v) is 5.98. The van der Waals surface area contributed by atoms with Crippen molar-refractivity contribution < 1.29 is 4.79 Å². The highest BCUT2D eigenvalue weighted by Gasteiger charge is 2.29. The molecular formula is C14H19NO. The summed E-state index contributed by atoms with van der Waals surface area (Å²) in [5.41, 5.74) is 1.33. The van der Waals surface area contributed by atoms with Gasteiger partial charge in [-0.25, -0.2) is 0 Å². The lowest BCUT2D eigenvalue weighted by Crippen LogP contribution is -2.46. The number of hydrogen-bond acceptors (Lipinski definition) is 2. The van der Waals surface area contributed by atoms with Crippen molar-refractivity contribution in [2.24, 2.45) is 0 Å². The molecule has 1 heterocycles. The number of likely N-dealkylation sites (tertiary alicyclic amines) is 1. The Bertz CT molecular complexity index is 346. The van der Waals surface area contributed by atoms with Gasteiger partial charge in [0.25, 0.3) is 0 Å². The topological polar surface area (TPSA) is 20.3 Å². The zero-order valence-corrected chi connectivity index (χ0v) is 10.0. The molecule has 1 unspecified atom stereocenters. The fourth-order valence-corrected chi connectivity index (χ4v) is 2.52. The van der Waals surface area contributed by atoms with Crippen LogP contribution in [0.4, 0.5) is 0 Å². The summed E-state index contributed by atoms with van der Waals surface area (Å²) in [6, 6.07) is 11.2. The molecule has 0 spiro atoms. The van der Waals surface area contributed by atoms with Gasteiger partial charge in [0.1, 0.15) is 5.78 Å². The van der Waals surface area contributed by atoms with Crippen LogP contribution in [0.25, 0.3) is 0 Å². The Morgan fingerprint density at radius 2 is 1.69 bits per heavy atom. The van der Waals surface area contributed by atoms with E-state index in [1.807, 2.05) is 6.07 Å². The van der Waals surface area contributed by atoms with E-state index in [9.17, 15) is 4.79 Å². The third-order valence-corrected chi connectivity index (χ3v) is 3.39. The lowest BCUT2D eigenvalue weighted by Gasteiger charge is -2.38. The first-order valence-electron chi connectivity index (χ1n) is 5.98. The van der Waals surface area contributed by atoms with Crippen LogP contribution in [0.15, 0.2) is 30.3 Å². The molecule has 2 atom stereocenters. The first kappa shape index (κ1) is 11.3. The summed E-state index contributed by atoms with van der Waals surface area (Å²) >= 11 is 0. The van der Waals surface area contributed by atoms with Crippen molar-refractivity contribution in [3.8, 4) is 0 Å². The summed E-state index contributed by atoms with van der Waals surface area (Å²) in [6.07, 6.45) is 1.41. The second kappa shape index (κ2) is 4.79. The summed E-state index contributed by atoms with van der Waals surface area (Å²) in [4.78, 5) is 13.9. The number of rotatable bonds is 2. The SMILES string of the molecule is CC1CC(=O)C[C@@H](C)N1Cc1ccccc1. The molecule has 0 amide bonds. The van der Waals surface area contributed by atoms with Gasteiger partial charge in [0.2, 0.25) is 0 Å². The maximum absolute atomic E-state index is 11.5. The number of benzene rings is 1. The van der Waals surface area contributed by atoms with Crippen LogP contribution in [-0.2, 0) is 11.3 Å². The van der Waals surface area contributed by atoms with E-state index in [0.29, 0.717) is 30.7 Å². The van der Waals surface area contributed by atoms with Crippen molar-refractivity contribution in [3.63, 3.8) is 0 Å². The molecule has 1 fully saturated rings. The minimum atomic E-state index is 0.372. The zero-order chi connectivity index (χ0) is 11.5. The maximum atomic E-state index is 11.5. The normalized spacial score (nSPS) is 27.0. The predicted octanol–water partition coefficient (Wildman–Crippen LogP) is 2.63. The number of piperidine rings is 1. The second-order valence-corrected chi connectivity index (χ2v) is 4.80. The number of carbonyl (C=O) groups is 1. The quantitative estimate of drug-likeness (QED) is 0.759. The van der Waals surface area contributed by atoms with Gasteiger partial charge in [-0.2, -0.15) is 0 Å². The summed E-state index contributed by atoms with van der Waals surface area (Å²) in [5.74, 6) is 0.407. The molecule has 1 aliphatic rings. The highest BCUT2D eigenvalue weighted by molar-refractivity contribution is 5.80. The Balaban J connectivity index is 2.06. The van der Waals surface area contributed by atoms with Gasteiger partial charge < -0.3 is 0 Å². The number of nitrogens with zero attached hydrogens (tertiary/aromatic N) is 1. The van der Waals surface area contributed by atoms with Crippen molar-refractivity contribution >= 4 is 5.78 Å². The van der Waals surface area contributed by atoms with Crippen molar-refractivity contribution in [3.05, 3.63) is 35.9 Å². The Morgan fingerprint density at radius 3 is 2.25 bits per heavy atom. The maximum Gasteiger partial charge on any atom is 0.136 e. The third kappa shape index (κ3) is 2.50. The lowest BCUT2D eigenvalue weighted by molar-refractivity contribution is -0.125. The molecule has 16 heavy (non-hydrogen) atoms. The molecule has 2 heteroatoms. The first-order chi connectivity index (χ1) is 7.66. The molecule has 1 aliphatic heterocycles. The van der Waals surface area contributed by atoms with Gasteiger partial charge in [-0.1, -0.05) is 30.3 Å². The number of Topliss-reactive ketones (excluding diaryl/α,β-unsaturated/α-hetero) is 1. The minimum Gasteiger partial charge on any atom is -0.300 e. The van der Waals surface area contributed by atoms with Gasteiger partial charge in [0.05, 0.1) is 0 Å². The highest BCUT2D eigenvalue weighted by atomic mass is 16.1. The van der Waals surface area contributed by atoms with E-state index in [4.69, 9.17) is 0 Å². The molecule has 0 radical (unpaired) electrons. The Labute approximate surface area is 97.3 Å². The summed E-state index contributed by atoms with van der Waals surface area (Å²) < 4.78 is 0. The van der Waals surface area contributed by atoms with Gasteiger partial charge in [-0.3, -0.25) is 9.69 Å².